The van der Waals surface area contributed by atoms with Gasteiger partial charge in [-0.3, -0.25) is 0 Å². The molecule has 0 aromatic heterocycles. The van der Waals surface area contributed by atoms with Gasteiger partial charge in [-0.2, -0.15) is 0 Å². The largest absolute Gasteiger partial charge is 0.457 e. The molecule has 3 rings (SSSR count). The molecule has 1 heterocycles. The topological polar surface area (TPSA) is 47.6 Å². The number of carbonyl (C=O) groups excluding carboxylic acids is 1. The first kappa shape index (κ1) is 13.5. The van der Waals surface area contributed by atoms with E-state index in [9.17, 15) is 4.79 Å². The van der Waals surface area contributed by atoms with Crippen molar-refractivity contribution < 1.29 is 14.3 Å². The lowest BCUT2D eigenvalue weighted by Gasteiger charge is -2.28. The molecule has 0 spiro atoms. The molecule has 0 saturated carbocycles. The van der Waals surface area contributed by atoms with Crippen LogP contribution in [0.3, 0.4) is 0 Å². The summed E-state index contributed by atoms with van der Waals surface area (Å²) in [4.78, 5) is 11.8. The van der Waals surface area contributed by atoms with Crippen LogP contribution in [0.2, 0.25) is 0 Å². The van der Waals surface area contributed by atoms with Crippen molar-refractivity contribution in [2.45, 2.75) is 19.9 Å². The lowest BCUT2D eigenvalue weighted by Crippen LogP contribution is -2.31. The second-order valence-electron chi connectivity index (χ2n) is 4.98. The van der Waals surface area contributed by atoms with Crippen LogP contribution in [-0.4, -0.2) is 12.7 Å². The van der Waals surface area contributed by atoms with E-state index in [1.54, 1.807) is 6.92 Å². The van der Waals surface area contributed by atoms with Gasteiger partial charge < -0.3 is 14.8 Å². The van der Waals surface area contributed by atoms with Gasteiger partial charge in [-0.15, -0.1) is 0 Å². The van der Waals surface area contributed by atoms with Crippen LogP contribution in [-0.2, 0) is 4.74 Å². The van der Waals surface area contributed by atoms with Gasteiger partial charge in [-0.25, -0.2) is 4.79 Å². The molecular formula is C17H17NO3. The van der Waals surface area contributed by atoms with Gasteiger partial charge in [0, 0.05) is 11.1 Å². The van der Waals surface area contributed by atoms with E-state index in [4.69, 9.17) is 9.47 Å². The summed E-state index contributed by atoms with van der Waals surface area (Å²) in [5, 5.41) is 2.92. The number of para-hydroxylation sites is 1. The zero-order valence-corrected chi connectivity index (χ0v) is 12.1. The highest BCUT2D eigenvalue weighted by Crippen LogP contribution is 2.42. The maximum Gasteiger partial charge on any atom is 0.407 e. The Hall–Kier alpha value is -2.49. The Morgan fingerprint density at radius 1 is 1.19 bits per heavy atom. The summed E-state index contributed by atoms with van der Waals surface area (Å²) in [6.07, 6.45) is -0.424. The predicted octanol–water partition coefficient (Wildman–Crippen LogP) is 3.94. The second-order valence-corrected chi connectivity index (χ2v) is 4.98. The number of hydrogen-bond donors (Lipinski definition) is 1. The predicted molar refractivity (Wildman–Crippen MR) is 79.7 cm³/mol. The normalized spacial score (nSPS) is 15.4. The third-order valence-corrected chi connectivity index (χ3v) is 3.46. The Kier molecular flexibility index (Phi) is 3.52. The molecule has 108 valence electrons. The quantitative estimate of drug-likeness (QED) is 0.908. The molecule has 0 bridgehead atoms. The molecule has 2 aromatic carbocycles. The van der Waals surface area contributed by atoms with E-state index in [1.807, 2.05) is 49.4 Å². The van der Waals surface area contributed by atoms with Gasteiger partial charge in [0.25, 0.3) is 0 Å². The number of amides is 1. The molecule has 4 heteroatoms. The number of hydrogen-bond acceptors (Lipinski definition) is 3. The summed E-state index contributed by atoms with van der Waals surface area (Å²) in [5.74, 6) is 1.52. The van der Waals surface area contributed by atoms with Crippen LogP contribution in [0.15, 0.2) is 42.5 Å². The second kappa shape index (κ2) is 5.48. The average molecular weight is 283 g/mol. The third kappa shape index (κ3) is 2.57. The Morgan fingerprint density at radius 2 is 1.95 bits per heavy atom. The van der Waals surface area contributed by atoms with Crippen molar-refractivity contribution in [3.8, 4) is 11.5 Å². The van der Waals surface area contributed by atoms with Crippen molar-refractivity contribution in [2.75, 3.05) is 6.61 Å². The first-order chi connectivity index (χ1) is 10.2. The zero-order chi connectivity index (χ0) is 14.8. The molecule has 1 unspecified atom stereocenters. The van der Waals surface area contributed by atoms with Crippen LogP contribution >= 0.6 is 0 Å². The van der Waals surface area contributed by atoms with Crippen molar-refractivity contribution in [3.05, 3.63) is 59.2 Å². The minimum atomic E-state index is -0.424. The van der Waals surface area contributed by atoms with Crippen molar-refractivity contribution in [2.24, 2.45) is 0 Å². The smallest absolute Gasteiger partial charge is 0.407 e. The zero-order valence-electron chi connectivity index (χ0n) is 12.1. The van der Waals surface area contributed by atoms with Gasteiger partial charge in [0.1, 0.15) is 11.5 Å². The number of alkyl carbamates (subject to hydrolysis) is 1. The monoisotopic (exact) mass is 283 g/mol. The number of benzene rings is 2. The Balaban J connectivity index is 2.04. The summed E-state index contributed by atoms with van der Waals surface area (Å²) >= 11 is 0. The van der Waals surface area contributed by atoms with Gasteiger partial charge in [0.05, 0.1) is 12.6 Å². The summed E-state index contributed by atoms with van der Waals surface area (Å²) in [6.45, 7) is 4.15. The molecule has 0 radical (unpaired) electrons. The van der Waals surface area contributed by atoms with Gasteiger partial charge in [0.15, 0.2) is 0 Å². The van der Waals surface area contributed by atoms with Crippen LogP contribution in [0.25, 0.3) is 0 Å². The molecule has 1 aliphatic rings. The molecule has 2 aromatic rings. The minimum absolute atomic E-state index is 0.260. The number of ether oxygens (including phenoxy) is 2. The Morgan fingerprint density at radius 3 is 2.76 bits per heavy atom. The van der Waals surface area contributed by atoms with E-state index in [-0.39, 0.29) is 6.04 Å². The fraction of sp³-hybridized carbons (Fsp3) is 0.235. The number of nitrogens with one attached hydrogen (secondary N) is 1. The lowest BCUT2D eigenvalue weighted by molar-refractivity contribution is 0.149. The van der Waals surface area contributed by atoms with E-state index in [2.05, 4.69) is 5.32 Å². The van der Waals surface area contributed by atoms with E-state index >= 15 is 0 Å². The van der Waals surface area contributed by atoms with Crippen LogP contribution in [0.4, 0.5) is 4.79 Å². The molecule has 0 fully saturated rings. The van der Waals surface area contributed by atoms with Gasteiger partial charge in [-0.05, 0) is 32.0 Å². The number of aryl methyl sites for hydroxylation is 1. The SMILES string of the molecule is CCOC(=O)NC1c2ccccc2Oc2ccc(C)cc21. The Bertz CT molecular complexity index is 681. The van der Waals surface area contributed by atoms with Crippen LogP contribution in [0.5, 0.6) is 11.5 Å². The highest BCUT2D eigenvalue weighted by atomic mass is 16.5. The summed E-state index contributed by atoms with van der Waals surface area (Å²) in [5.41, 5.74) is 3.00. The van der Waals surface area contributed by atoms with E-state index in [0.717, 1.165) is 28.2 Å². The standard InChI is InChI=1S/C17H17NO3/c1-3-20-17(19)18-16-12-6-4-5-7-14(12)21-15-9-8-11(2)10-13(15)16/h4-10,16H,3H2,1-2H3,(H,18,19). The highest BCUT2D eigenvalue weighted by molar-refractivity contribution is 5.70. The fourth-order valence-corrected chi connectivity index (χ4v) is 2.53. The van der Waals surface area contributed by atoms with Crippen molar-refractivity contribution in [1.29, 1.82) is 0 Å². The first-order valence-electron chi connectivity index (χ1n) is 6.99. The molecule has 1 aliphatic heterocycles. The molecule has 1 amide bonds. The van der Waals surface area contributed by atoms with E-state index in [1.165, 1.54) is 0 Å². The maximum atomic E-state index is 11.8. The highest BCUT2D eigenvalue weighted by Gasteiger charge is 2.28. The maximum absolute atomic E-state index is 11.8. The molecule has 1 N–H and O–H groups in total. The van der Waals surface area contributed by atoms with Crippen LogP contribution in [0, 0.1) is 6.92 Å². The first-order valence-corrected chi connectivity index (χ1v) is 6.99. The van der Waals surface area contributed by atoms with Crippen LogP contribution in [0.1, 0.15) is 29.7 Å². The fourth-order valence-electron chi connectivity index (χ4n) is 2.53. The van der Waals surface area contributed by atoms with E-state index in [0.29, 0.717) is 6.61 Å². The molecule has 0 aliphatic carbocycles. The van der Waals surface area contributed by atoms with Crippen molar-refractivity contribution in [1.82, 2.24) is 5.32 Å². The van der Waals surface area contributed by atoms with Gasteiger partial charge >= 0.3 is 6.09 Å². The Labute approximate surface area is 123 Å². The lowest BCUT2D eigenvalue weighted by atomic mass is 9.93. The number of fused-ring (bicyclic) bond motifs is 2. The van der Waals surface area contributed by atoms with Crippen LogP contribution < -0.4 is 10.1 Å². The van der Waals surface area contributed by atoms with Crippen molar-refractivity contribution in [3.63, 3.8) is 0 Å². The molecule has 0 saturated heterocycles. The van der Waals surface area contributed by atoms with Gasteiger partial charge in [0.2, 0.25) is 0 Å². The molecule has 21 heavy (non-hydrogen) atoms. The molecular weight excluding hydrogens is 266 g/mol. The molecule has 1 atom stereocenters. The summed E-state index contributed by atoms with van der Waals surface area (Å²) in [7, 11) is 0. The number of carbonyl (C=O) groups is 1. The minimum Gasteiger partial charge on any atom is -0.457 e. The number of rotatable bonds is 2. The van der Waals surface area contributed by atoms with E-state index < -0.39 is 6.09 Å². The van der Waals surface area contributed by atoms with Crippen molar-refractivity contribution >= 4 is 6.09 Å². The third-order valence-electron chi connectivity index (χ3n) is 3.46. The summed E-state index contributed by atoms with van der Waals surface area (Å²) < 4.78 is 10.9. The van der Waals surface area contributed by atoms with Gasteiger partial charge in [-0.1, -0.05) is 29.8 Å². The molecule has 4 nitrogen and oxygen atoms in total. The summed E-state index contributed by atoms with van der Waals surface area (Å²) in [6, 6.07) is 13.4. The average Bonchev–Trinajstić information content (AvgIpc) is 2.48.